The van der Waals surface area contributed by atoms with Gasteiger partial charge in [0, 0.05) is 0 Å². The molecule has 5 nitrogen and oxygen atoms in total. The van der Waals surface area contributed by atoms with E-state index < -0.39 is 24.2 Å². The molecule has 21 heavy (non-hydrogen) atoms. The summed E-state index contributed by atoms with van der Waals surface area (Å²) in [4.78, 5) is 29.0. The lowest BCUT2D eigenvalue weighted by molar-refractivity contribution is -0.286. The predicted octanol–water partition coefficient (Wildman–Crippen LogP) is 1.74. The Morgan fingerprint density at radius 3 is 2.43 bits per heavy atom. The zero-order chi connectivity index (χ0) is 16.2. The molecular formula is C13H14F3NO4. The summed E-state index contributed by atoms with van der Waals surface area (Å²) in [5.74, 6) is -3.87. The number of carbonyl (C=O) groups excluding carboxylic acids is 2. The standard InChI is InChI=1S/C13H14F3NO4/c1-7-4-3-5-9(8(7)2)6-10(17)11(18)20-21-12(19)13(14,15)16/h3-5,10H,6,17H2,1-2H3. The Hall–Kier alpha value is -2.09. The lowest BCUT2D eigenvalue weighted by atomic mass is 9.98. The number of aryl methyl sites for hydroxylation is 1. The fourth-order valence-electron chi connectivity index (χ4n) is 1.54. The molecule has 0 heterocycles. The molecule has 0 aliphatic rings. The van der Waals surface area contributed by atoms with Crippen molar-refractivity contribution in [1.29, 1.82) is 0 Å². The fourth-order valence-corrected chi connectivity index (χ4v) is 1.54. The van der Waals surface area contributed by atoms with E-state index in [4.69, 9.17) is 5.73 Å². The molecule has 0 fully saturated rings. The van der Waals surface area contributed by atoms with Gasteiger partial charge in [0.1, 0.15) is 6.04 Å². The maximum atomic E-state index is 11.8. The normalized spacial score (nSPS) is 12.7. The SMILES string of the molecule is Cc1cccc(CC(N)C(=O)OOC(=O)C(F)(F)F)c1C. The number of hydrogen-bond acceptors (Lipinski definition) is 5. The van der Waals surface area contributed by atoms with Crippen LogP contribution >= 0.6 is 0 Å². The van der Waals surface area contributed by atoms with Gasteiger partial charge in [0.15, 0.2) is 0 Å². The van der Waals surface area contributed by atoms with Gasteiger partial charge in [-0.15, -0.1) is 0 Å². The van der Waals surface area contributed by atoms with Gasteiger partial charge in [-0.3, -0.25) is 0 Å². The zero-order valence-electron chi connectivity index (χ0n) is 11.4. The van der Waals surface area contributed by atoms with Gasteiger partial charge < -0.3 is 5.73 Å². The van der Waals surface area contributed by atoms with Crippen LogP contribution in [0, 0.1) is 13.8 Å². The largest absolute Gasteiger partial charge is 0.495 e. The number of nitrogens with two attached hydrogens (primary N) is 1. The second-order valence-electron chi connectivity index (χ2n) is 4.44. The van der Waals surface area contributed by atoms with Crippen LogP contribution < -0.4 is 5.73 Å². The van der Waals surface area contributed by atoms with Crippen LogP contribution in [-0.2, 0) is 25.8 Å². The molecule has 0 saturated heterocycles. The molecule has 116 valence electrons. The molecule has 8 heteroatoms. The molecule has 1 aromatic rings. The number of alkyl halides is 3. The second kappa shape index (κ2) is 6.57. The van der Waals surface area contributed by atoms with E-state index in [9.17, 15) is 22.8 Å². The quantitative estimate of drug-likeness (QED) is 0.680. The third kappa shape index (κ3) is 4.75. The second-order valence-corrected chi connectivity index (χ2v) is 4.44. The highest BCUT2D eigenvalue weighted by Crippen LogP contribution is 2.17. The summed E-state index contributed by atoms with van der Waals surface area (Å²) in [7, 11) is 0. The van der Waals surface area contributed by atoms with Crippen LogP contribution in [-0.4, -0.2) is 24.2 Å². The van der Waals surface area contributed by atoms with E-state index >= 15 is 0 Å². The number of rotatable bonds is 3. The van der Waals surface area contributed by atoms with Crippen molar-refractivity contribution in [2.45, 2.75) is 32.5 Å². The maximum Gasteiger partial charge on any atom is 0.495 e. The zero-order valence-corrected chi connectivity index (χ0v) is 11.4. The van der Waals surface area contributed by atoms with Crippen molar-refractivity contribution < 1.29 is 32.5 Å². The van der Waals surface area contributed by atoms with Crippen molar-refractivity contribution in [3.63, 3.8) is 0 Å². The molecule has 0 radical (unpaired) electrons. The molecule has 0 aromatic heterocycles. The fraction of sp³-hybridized carbons (Fsp3) is 0.385. The topological polar surface area (TPSA) is 78.6 Å². The van der Waals surface area contributed by atoms with Crippen molar-refractivity contribution in [3.8, 4) is 0 Å². The van der Waals surface area contributed by atoms with Crippen molar-refractivity contribution in [2.75, 3.05) is 0 Å². The average Bonchev–Trinajstić information content (AvgIpc) is 2.39. The molecule has 0 amide bonds. The van der Waals surface area contributed by atoms with Crippen LogP contribution in [0.3, 0.4) is 0 Å². The summed E-state index contributed by atoms with van der Waals surface area (Å²) in [6.45, 7) is 3.69. The summed E-state index contributed by atoms with van der Waals surface area (Å²) >= 11 is 0. The van der Waals surface area contributed by atoms with Crippen molar-refractivity contribution >= 4 is 11.9 Å². The molecule has 0 spiro atoms. The van der Waals surface area contributed by atoms with Crippen molar-refractivity contribution in [3.05, 3.63) is 34.9 Å². The Balaban J connectivity index is 2.60. The first-order chi connectivity index (χ1) is 9.62. The van der Waals surface area contributed by atoms with Gasteiger partial charge in [0.2, 0.25) is 0 Å². The molecule has 2 N–H and O–H groups in total. The summed E-state index contributed by atoms with van der Waals surface area (Å²) < 4.78 is 35.5. The Morgan fingerprint density at radius 1 is 1.24 bits per heavy atom. The first-order valence-corrected chi connectivity index (χ1v) is 5.93. The van der Waals surface area contributed by atoms with Crippen LogP contribution in [0.1, 0.15) is 16.7 Å². The molecule has 1 rings (SSSR count). The van der Waals surface area contributed by atoms with Crippen LogP contribution in [0.15, 0.2) is 18.2 Å². The Labute approximate surface area is 118 Å². The molecule has 1 unspecified atom stereocenters. The van der Waals surface area contributed by atoms with Crippen LogP contribution in [0.25, 0.3) is 0 Å². The lowest BCUT2D eigenvalue weighted by Gasteiger charge is -2.13. The summed E-state index contributed by atoms with van der Waals surface area (Å²) in [6, 6.07) is 4.12. The van der Waals surface area contributed by atoms with E-state index in [-0.39, 0.29) is 6.42 Å². The third-order valence-corrected chi connectivity index (χ3v) is 2.89. The van der Waals surface area contributed by atoms with Crippen LogP contribution in [0.2, 0.25) is 0 Å². The Kier molecular flexibility index (Phi) is 5.31. The van der Waals surface area contributed by atoms with Crippen LogP contribution in [0.5, 0.6) is 0 Å². The smallest absolute Gasteiger partial charge is 0.318 e. The summed E-state index contributed by atoms with van der Waals surface area (Å²) in [5, 5.41) is 0. The first kappa shape index (κ1) is 17.0. The molecule has 0 bridgehead atoms. The van der Waals surface area contributed by atoms with Gasteiger partial charge in [-0.2, -0.15) is 13.2 Å². The molecule has 0 saturated carbocycles. The van der Waals surface area contributed by atoms with Gasteiger partial charge in [-0.1, -0.05) is 18.2 Å². The average molecular weight is 305 g/mol. The van der Waals surface area contributed by atoms with Gasteiger partial charge >= 0.3 is 18.1 Å². The van der Waals surface area contributed by atoms with E-state index in [1.165, 1.54) is 0 Å². The van der Waals surface area contributed by atoms with Crippen LogP contribution in [0.4, 0.5) is 13.2 Å². The monoisotopic (exact) mass is 305 g/mol. The van der Waals surface area contributed by atoms with E-state index in [0.29, 0.717) is 0 Å². The van der Waals surface area contributed by atoms with Gasteiger partial charge in [-0.05, 0) is 37.0 Å². The van der Waals surface area contributed by atoms with E-state index in [0.717, 1.165) is 16.7 Å². The minimum Gasteiger partial charge on any atom is -0.318 e. The Morgan fingerprint density at radius 2 is 1.86 bits per heavy atom. The molecule has 1 aromatic carbocycles. The Bertz CT molecular complexity index is 543. The molecule has 0 aliphatic carbocycles. The third-order valence-electron chi connectivity index (χ3n) is 2.89. The highest BCUT2D eigenvalue weighted by Gasteiger charge is 2.43. The number of benzene rings is 1. The molecular weight excluding hydrogens is 291 g/mol. The summed E-state index contributed by atoms with van der Waals surface area (Å²) in [6.07, 6.45) is -5.19. The van der Waals surface area contributed by atoms with E-state index in [1.807, 2.05) is 19.9 Å². The highest BCUT2D eigenvalue weighted by atomic mass is 19.4. The van der Waals surface area contributed by atoms with E-state index in [2.05, 4.69) is 9.78 Å². The maximum absolute atomic E-state index is 11.8. The first-order valence-electron chi connectivity index (χ1n) is 5.93. The minimum absolute atomic E-state index is 0.0515. The van der Waals surface area contributed by atoms with Gasteiger partial charge in [0.25, 0.3) is 0 Å². The molecule has 0 aliphatic heterocycles. The van der Waals surface area contributed by atoms with E-state index in [1.54, 1.807) is 12.1 Å². The van der Waals surface area contributed by atoms with Crippen molar-refractivity contribution in [2.24, 2.45) is 5.73 Å². The van der Waals surface area contributed by atoms with Gasteiger partial charge in [0.05, 0.1) is 0 Å². The number of carbonyl (C=O) groups is 2. The lowest BCUT2D eigenvalue weighted by Crippen LogP contribution is -2.36. The van der Waals surface area contributed by atoms with Gasteiger partial charge in [-0.25, -0.2) is 19.4 Å². The highest BCUT2D eigenvalue weighted by molar-refractivity contribution is 5.79. The minimum atomic E-state index is -5.24. The number of halogens is 3. The summed E-state index contributed by atoms with van der Waals surface area (Å²) in [5.41, 5.74) is 8.16. The van der Waals surface area contributed by atoms with Crippen molar-refractivity contribution in [1.82, 2.24) is 0 Å². The molecule has 1 atom stereocenters. The predicted molar refractivity (Wildman–Crippen MR) is 65.8 cm³/mol. The number of hydrogen-bond donors (Lipinski definition) is 1.